The topological polar surface area (TPSA) is 18.5 Å². The molecular formula is C18H23BrO2Si. The quantitative estimate of drug-likeness (QED) is 0.551. The minimum atomic E-state index is -2.15. The molecule has 2 aromatic rings. The molecule has 0 spiro atoms. The Morgan fingerprint density at radius 2 is 1.41 bits per heavy atom. The van der Waals surface area contributed by atoms with Crippen LogP contribution in [0, 0.1) is 0 Å². The molecule has 22 heavy (non-hydrogen) atoms. The number of benzene rings is 2. The van der Waals surface area contributed by atoms with Gasteiger partial charge in [0.15, 0.2) is 0 Å². The highest BCUT2D eigenvalue weighted by atomic mass is 79.9. The second-order valence-corrected chi connectivity index (χ2v) is 9.94. The Kier molecular flexibility index (Phi) is 6.83. The average Bonchev–Trinajstić information content (AvgIpc) is 2.58. The van der Waals surface area contributed by atoms with Gasteiger partial charge in [-0.3, -0.25) is 0 Å². The third-order valence-electron chi connectivity index (χ3n) is 3.87. The van der Waals surface area contributed by atoms with Gasteiger partial charge in [0.05, 0.1) is 13.2 Å². The maximum atomic E-state index is 6.30. The molecule has 4 heteroatoms. The predicted molar refractivity (Wildman–Crippen MR) is 96.9 cm³/mol. The van der Waals surface area contributed by atoms with E-state index in [0.29, 0.717) is 13.2 Å². The molecule has 2 rings (SSSR count). The van der Waals surface area contributed by atoms with E-state index in [1.54, 1.807) is 0 Å². The Bertz CT molecular complexity index is 570. The van der Waals surface area contributed by atoms with Gasteiger partial charge in [-0.1, -0.05) is 78.3 Å². The van der Waals surface area contributed by atoms with Gasteiger partial charge >= 0.3 is 8.56 Å². The highest BCUT2D eigenvalue weighted by molar-refractivity contribution is 9.10. The summed E-state index contributed by atoms with van der Waals surface area (Å²) in [6.45, 7) is 5.57. The Morgan fingerprint density at radius 3 is 2.05 bits per heavy atom. The van der Waals surface area contributed by atoms with Crippen molar-refractivity contribution in [3.63, 3.8) is 0 Å². The molecule has 0 aliphatic rings. The molecule has 2 aromatic carbocycles. The van der Waals surface area contributed by atoms with Gasteiger partial charge in [-0.25, -0.2) is 0 Å². The molecule has 0 aromatic heterocycles. The zero-order valence-corrected chi connectivity index (χ0v) is 15.8. The molecule has 0 unspecified atom stereocenters. The largest absolute Gasteiger partial charge is 0.390 e. The lowest BCUT2D eigenvalue weighted by Gasteiger charge is -2.29. The third kappa shape index (κ3) is 4.78. The Hall–Kier alpha value is -0.943. The van der Waals surface area contributed by atoms with Crippen LogP contribution in [0.2, 0.25) is 12.1 Å². The highest BCUT2D eigenvalue weighted by Crippen LogP contribution is 2.24. The van der Waals surface area contributed by atoms with E-state index in [1.807, 2.05) is 36.4 Å². The summed E-state index contributed by atoms with van der Waals surface area (Å²) in [5, 5.41) is 0. The summed E-state index contributed by atoms with van der Waals surface area (Å²) in [6.07, 6.45) is 0. The molecule has 0 amide bonds. The van der Waals surface area contributed by atoms with E-state index in [4.69, 9.17) is 8.85 Å². The van der Waals surface area contributed by atoms with Crippen LogP contribution >= 0.6 is 15.9 Å². The van der Waals surface area contributed by atoms with E-state index < -0.39 is 8.56 Å². The van der Waals surface area contributed by atoms with Crippen molar-refractivity contribution in [2.45, 2.75) is 39.1 Å². The summed E-state index contributed by atoms with van der Waals surface area (Å²) in [4.78, 5) is 0. The second kappa shape index (κ2) is 8.63. The summed E-state index contributed by atoms with van der Waals surface area (Å²) in [6, 6.07) is 20.4. The molecule has 0 atom stereocenters. The molecule has 0 N–H and O–H groups in total. The summed E-state index contributed by atoms with van der Waals surface area (Å²) in [5.41, 5.74) is 2.37. The van der Waals surface area contributed by atoms with Crippen molar-refractivity contribution in [3.05, 3.63) is 70.2 Å². The second-order valence-electron chi connectivity index (χ2n) is 5.27. The van der Waals surface area contributed by atoms with Crippen LogP contribution in [0.4, 0.5) is 0 Å². The smallest absolute Gasteiger partial charge is 0.338 e. The Labute approximate surface area is 142 Å². The van der Waals surface area contributed by atoms with E-state index >= 15 is 0 Å². The van der Waals surface area contributed by atoms with E-state index in [1.165, 1.54) is 11.1 Å². The Balaban J connectivity index is 2.00. The molecule has 0 radical (unpaired) electrons. The zero-order valence-electron chi connectivity index (χ0n) is 13.2. The van der Waals surface area contributed by atoms with Crippen LogP contribution in [0.15, 0.2) is 59.1 Å². The monoisotopic (exact) mass is 378 g/mol. The maximum absolute atomic E-state index is 6.30. The molecule has 0 heterocycles. The lowest BCUT2D eigenvalue weighted by Crippen LogP contribution is -2.40. The van der Waals surface area contributed by atoms with Crippen LogP contribution in [0.3, 0.4) is 0 Å². The van der Waals surface area contributed by atoms with Gasteiger partial charge in [0.2, 0.25) is 0 Å². The van der Waals surface area contributed by atoms with E-state index in [0.717, 1.165) is 16.6 Å². The standard InChI is InChI=1S/C18H23BrO2Si/c1-3-22(4-2,20-14-16-10-6-5-7-11-16)21-15-17-12-8-9-13-18(17)19/h5-13H,3-4,14-15H2,1-2H3. The van der Waals surface area contributed by atoms with Crippen molar-refractivity contribution in [1.29, 1.82) is 0 Å². The van der Waals surface area contributed by atoms with Crippen LogP contribution in [0.5, 0.6) is 0 Å². The van der Waals surface area contributed by atoms with Gasteiger partial charge < -0.3 is 8.85 Å². The van der Waals surface area contributed by atoms with Crippen LogP contribution in [-0.2, 0) is 22.1 Å². The van der Waals surface area contributed by atoms with Gasteiger partial charge in [0.1, 0.15) is 0 Å². The summed E-state index contributed by atoms with van der Waals surface area (Å²) in [7, 11) is -2.15. The highest BCUT2D eigenvalue weighted by Gasteiger charge is 2.33. The molecule has 0 fully saturated rings. The fourth-order valence-electron chi connectivity index (χ4n) is 2.31. The number of rotatable bonds is 8. The lowest BCUT2D eigenvalue weighted by molar-refractivity contribution is 0.154. The molecule has 0 aliphatic heterocycles. The summed E-state index contributed by atoms with van der Waals surface area (Å²) in [5.74, 6) is 0. The first kappa shape index (κ1) is 17.4. The number of halogens is 1. The van der Waals surface area contributed by atoms with Crippen molar-refractivity contribution in [1.82, 2.24) is 0 Å². The van der Waals surface area contributed by atoms with Gasteiger partial charge in [0, 0.05) is 4.47 Å². The van der Waals surface area contributed by atoms with Gasteiger partial charge in [0.25, 0.3) is 0 Å². The van der Waals surface area contributed by atoms with Crippen molar-refractivity contribution in [2.24, 2.45) is 0 Å². The first-order chi connectivity index (χ1) is 10.7. The predicted octanol–water partition coefficient (Wildman–Crippen LogP) is 5.66. The van der Waals surface area contributed by atoms with Crippen LogP contribution in [0.25, 0.3) is 0 Å². The minimum Gasteiger partial charge on any atom is -0.390 e. The lowest BCUT2D eigenvalue weighted by atomic mass is 10.2. The van der Waals surface area contributed by atoms with Gasteiger partial charge in [-0.15, -0.1) is 0 Å². The molecule has 2 nitrogen and oxygen atoms in total. The number of hydrogen-bond donors (Lipinski definition) is 0. The van der Waals surface area contributed by atoms with E-state index in [2.05, 4.69) is 48.0 Å². The molecular weight excluding hydrogens is 356 g/mol. The normalized spacial score (nSPS) is 11.6. The molecule has 118 valence electrons. The first-order valence-electron chi connectivity index (χ1n) is 7.74. The van der Waals surface area contributed by atoms with Crippen LogP contribution in [0.1, 0.15) is 25.0 Å². The van der Waals surface area contributed by atoms with Crippen molar-refractivity contribution in [2.75, 3.05) is 0 Å². The van der Waals surface area contributed by atoms with Gasteiger partial charge in [-0.05, 0) is 29.3 Å². The number of hydrogen-bond acceptors (Lipinski definition) is 2. The van der Waals surface area contributed by atoms with Crippen molar-refractivity contribution < 1.29 is 8.85 Å². The van der Waals surface area contributed by atoms with E-state index in [-0.39, 0.29) is 0 Å². The zero-order chi connectivity index (χ0) is 15.8. The first-order valence-corrected chi connectivity index (χ1v) is 10.8. The fourth-order valence-corrected chi connectivity index (χ4v) is 4.96. The van der Waals surface area contributed by atoms with E-state index in [9.17, 15) is 0 Å². The van der Waals surface area contributed by atoms with Gasteiger partial charge in [-0.2, -0.15) is 0 Å². The van der Waals surface area contributed by atoms with Crippen molar-refractivity contribution in [3.8, 4) is 0 Å². The fraction of sp³-hybridized carbons (Fsp3) is 0.333. The minimum absolute atomic E-state index is 0.601. The summed E-state index contributed by atoms with van der Waals surface area (Å²) < 4.78 is 13.7. The van der Waals surface area contributed by atoms with Crippen LogP contribution < -0.4 is 0 Å². The summed E-state index contributed by atoms with van der Waals surface area (Å²) >= 11 is 3.58. The van der Waals surface area contributed by atoms with Crippen molar-refractivity contribution >= 4 is 24.5 Å². The molecule has 0 saturated carbocycles. The maximum Gasteiger partial charge on any atom is 0.338 e. The molecule has 0 bridgehead atoms. The molecule has 0 aliphatic carbocycles. The Morgan fingerprint density at radius 1 is 0.818 bits per heavy atom. The molecule has 0 saturated heterocycles. The van der Waals surface area contributed by atoms with Crippen LogP contribution in [-0.4, -0.2) is 8.56 Å². The SMILES string of the molecule is CC[Si](CC)(OCc1ccccc1)OCc1ccccc1Br. The third-order valence-corrected chi connectivity index (χ3v) is 8.14. The average molecular weight is 379 g/mol.